The fraction of sp³-hybridized carbons (Fsp3) is 0.125. The molecule has 2 aromatic heterocycles. The highest BCUT2D eigenvalue weighted by Gasteiger charge is 2.06. The molecule has 0 saturated carbocycles. The average molecular weight is 191 g/mol. The highest BCUT2D eigenvalue weighted by Crippen LogP contribution is 2.05. The fourth-order valence-corrected chi connectivity index (χ4v) is 1.24. The molecule has 6 heteroatoms. The smallest absolute Gasteiger partial charge is 0.278 e. The van der Waals surface area contributed by atoms with E-state index in [0.29, 0.717) is 11.2 Å². The second-order valence-corrected chi connectivity index (χ2v) is 2.76. The minimum atomic E-state index is -0.289. The Morgan fingerprint density at radius 1 is 1.64 bits per heavy atom. The highest BCUT2D eigenvalue weighted by atomic mass is 16.1. The second kappa shape index (κ2) is 2.99. The monoisotopic (exact) mass is 191 g/mol. The number of fused-ring (bicyclic) bond motifs is 1. The number of nitrogens with zero attached hydrogens (tertiary/aromatic N) is 3. The molecule has 3 N–H and O–H groups in total. The van der Waals surface area contributed by atoms with E-state index < -0.39 is 0 Å². The molecule has 0 aliphatic heterocycles. The van der Waals surface area contributed by atoms with Crippen LogP contribution >= 0.6 is 0 Å². The van der Waals surface area contributed by atoms with Crippen LogP contribution in [-0.2, 0) is 0 Å². The summed E-state index contributed by atoms with van der Waals surface area (Å²) in [7, 11) is 0. The van der Waals surface area contributed by atoms with Gasteiger partial charge in [-0.1, -0.05) is 6.08 Å². The molecule has 0 saturated heterocycles. The van der Waals surface area contributed by atoms with Crippen LogP contribution in [0.25, 0.3) is 17.4 Å². The number of rotatable bonds is 1. The van der Waals surface area contributed by atoms with Crippen LogP contribution in [0.4, 0.5) is 5.95 Å². The quantitative estimate of drug-likeness (QED) is 0.673. The Morgan fingerprint density at radius 3 is 3.14 bits per heavy atom. The van der Waals surface area contributed by atoms with Gasteiger partial charge in [-0.25, -0.2) is 4.98 Å². The number of aromatic nitrogens is 4. The van der Waals surface area contributed by atoms with Gasteiger partial charge in [-0.2, -0.15) is 4.98 Å². The number of H-pyrrole nitrogens is 1. The van der Waals surface area contributed by atoms with E-state index in [9.17, 15) is 4.79 Å². The zero-order valence-corrected chi connectivity index (χ0v) is 7.56. The van der Waals surface area contributed by atoms with Gasteiger partial charge >= 0.3 is 0 Å². The zero-order chi connectivity index (χ0) is 10.1. The van der Waals surface area contributed by atoms with Crippen LogP contribution < -0.4 is 11.3 Å². The van der Waals surface area contributed by atoms with E-state index in [4.69, 9.17) is 5.73 Å². The Kier molecular flexibility index (Phi) is 1.81. The topological polar surface area (TPSA) is 89.6 Å². The van der Waals surface area contributed by atoms with Crippen LogP contribution in [0.1, 0.15) is 6.92 Å². The Balaban J connectivity index is 2.86. The SMILES string of the molecule is CC=Cn1cnc2nc(N)[nH]c(=O)c21. The van der Waals surface area contributed by atoms with Crippen molar-refractivity contribution in [2.24, 2.45) is 0 Å². The van der Waals surface area contributed by atoms with Gasteiger partial charge < -0.3 is 5.73 Å². The van der Waals surface area contributed by atoms with Crippen LogP contribution in [0.15, 0.2) is 17.2 Å². The van der Waals surface area contributed by atoms with E-state index in [1.807, 2.05) is 6.92 Å². The number of aromatic amines is 1. The lowest BCUT2D eigenvalue weighted by molar-refractivity contribution is 1.14. The summed E-state index contributed by atoms with van der Waals surface area (Å²) in [5, 5.41) is 0. The third-order valence-corrected chi connectivity index (χ3v) is 1.77. The predicted octanol–water partition coefficient (Wildman–Crippen LogP) is 0.192. The van der Waals surface area contributed by atoms with Gasteiger partial charge in [0.15, 0.2) is 11.2 Å². The number of anilines is 1. The van der Waals surface area contributed by atoms with Crippen molar-refractivity contribution in [1.82, 2.24) is 19.5 Å². The standard InChI is InChI=1S/C8H9N5O/c1-2-3-13-4-10-6-5(13)7(14)12-8(9)11-6/h2-4H,1H3,(H3,9,11,12,14). The summed E-state index contributed by atoms with van der Waals surface area (Å²) in [6.07, 6.45) is 5.05. The van der Waals surface area contributed by atoms with E-state index in [1.54, 1.807) is 16.8 Å². The molecule has 6 nitrogen and oxygen atoms in total. The number of allylic oxidation sites excluding steroid dienone is 1. The van der Waals surface area contributed by atoms with E-state index in [2.05, 4.69) is 15.0 Å². The first-order valence-electron chi connectivity index (χ1n) is 4.07. The van der Waals surface area contributed by atoms with Crippen molar-refractivity contribution in [2.75, 3.05) is 5.73 Å². The zero-order valence-electron chi connectivity index (χ0n) is 7.56. The Bertz CT molecular complexity index is 550. The molecular weight excluding hydrogens is 182 g/mol. The van der Waals surface area contributed by atoms with Gasteiger partial charge in [-0.05, 0) is 6.92 Å². The van der Waals surface area contributed by atoms with Crippen LogP contribution in [0.2, 0.25) is 0 Å². The number of nitrogen functional groups attached to an aromatic ring is 1. The Hall–Kier alpha value is -2.11. The number of nitrogens with two attached hydrogens (primary N) is 1. The van der Waals surface area contributed by atoms with Crippen molar-refractivity contribution >= 4 is 23.3 Å². The summed E-state index contributed by atoms with van der Waals surface area (Å²) in [5.74, 6) is 0.0771. The van der Waals surface area contributed by atoms with Crippen LogP contribution in [0.5, 0.6) is 0 Å². The van der Waals surface area contributed by atoms with Crippen molar-refractivity contribution in [3.05, 3.63) is 22.8 Å². The first kappa shape index (κ1) is 8.49. The van der Waals surface area contributed by atoms with Crippen LogP contribution in [0, 0.1) is 0 Å². The third-order valence-electron chi connectivity index (χ3n) is 1.77. The van der Waals surface area contributed by atoms with Gasteiger partial charge in [-0.3, -0.25) is 14.3 Å². The maximum absolute atomic E-state index is 11.5. The van der Waals surface area contributed by atoms with Crippen molar-refractivity contribution in [1.29, 1.82) is 0 Å². The molecule has 2 rings (SSSR count). The summed E-state index contributed by atoms with van der Waals surface area (Å²) in [5.41, 5.74) is 5.84. The van der Waals surface area contributed by atoms with Crippen molar-refractivity contribution < 1.29 is 0 Å². The molecular formula is C8H9N5O. The van der Waals surface area contributed by atoms with Gasteiger partial charge in [0.2, 0.25) is 5.95 Å². The minimum Gasteiger partial charge on any atom is -0.369 e. The minimum absolute atomic E-state index is 0.0771. The van der Waals surface area contributed by atoms with Crippen LogP contribution in [0.3, 0.4) is 0 Å². The molecule has 72 valence electrons. The largest absolute Gasteiger partial charge is 0.369 e. The predicted molar refractivity (Wildman–Crippen MR) is 53.6 cm³/mol. The Morgan fingerprint density at radius 2 is 2.43 bits per heavy atom. The summed E-state index contributed by atoms with van der Waals surface area (Å²) >= 11 is 0. The van der Waals surface area contributed by atoms with E-state index >= 15 is 0 Å². The normalized spacial score (nSPS) is 11.5. The Labute approximate surface area is 79.1 Å². The molecule has 0 unspecified atom stereocenters. The third kappa shape index (κ3) is 1.17. The number of nitrogens with one attached hydrogen (secondary N) is 1. The van der Waals surface area contributed by atoms with E-state index in [1.165, 1.54) is 6.33 Å². The summed E-state index contributed by atoms with van der Waals surface area (Å²) in [4.78, 5) is 21.8. The fourth-order valence-electron chi connectivity index (χ4n) is 1.24. The van der Waals surface area contributed by atoms with Gasteiger partial charge in [-0.15, -0.1) is 0 Å². The lowest BCUT2D eigenvalue weighted by Crippen LogP contribution is -2.12. The first-order chi connectivity index (χ1) is 6.72. The molecule has 0 amide bonds. The van der Waals surface area contributed by atoms with Crippen molar-refractivity contribution in [2.45, 2.75) is 6.92 Å². The van der Waals surface area contributed by atoms with Gasteiger partial charge in [0.05, 0.1) is 0 Å². The molecule has 0 aliphatic rings. The molecule has 0 atom stereocenters. The van der Waals surface area contributed by atoms with Gasteiger partial charge in [0, 0.05) is 6.20 Å². The number of imidazole rings is 1. The molecule has 0 radical (unpaired) electrons. The molecule has 0 spiro atoms. The molecule has 0 aromatic carbocycles. The molecule has 2 heterocycles. The maximum atomic E-state index is 11.5. The van der Waals surface area contributed by atoms with Crippen molar-refractivity contribution in [3.63, 3.8) is 0 Å². The average Bonchev–Trinajstić information content (AvgIpc) is 2.49. The molecule has 0 aliphatic carbocycles. The molecule has 14 heavy (non-hydrogen) atoms. The van der Waals surface area contributed by atoms with Crippen molar-refractivity contribution in [3.8, 4) is 0 Å². The maximum Gasteiger partial charge on any atom is 0.278 e. The summed E-state index contributed by atoms with van der Waals surface area (Å²) < 4.78 is 1.60. The lowest BCUT2D eigenvalue weighted by atomic mass is 10.5. The van der Waals surface area contributed by atoms with E-state index in [0.717, 1.165) is 0 Å². The lowest BCUT2D eigenvalue weighted by Gasteiger charge is -1.94. The summed E-state index contributed by atoms with van der Waals surface area (Å²) in [6.45, 7) is 1.85. The summed E-state index contributed by atoms with van der Waals surface area (Å²) in [6, 6.07) is 0. The van der Waals surface area contributed by atoms with Gasteiger partial charge in [0.25, 0.3) is 5.56 Å². The number of hydrogen-bond donors (Lipinski definition) is 2. The molecule has 2 aromatic rings. The number of hydrogen-bond acceptors (Lipinski definition) is 4. The second-order valence-electron chi connectivity index (χ2n) is 2.76. The molecule has 0 bridgehead atoms. The highest BCUT2D eigenvalue weighted by molar-refractivity contribution is 5.73. The van der Waals surface area contributed by atoms with Crippen LogP contribution in [-0.4, -0.2) is 19.5 Å². The van der Waals surface area contributed by atoms with Gasteiger partial charge in [0.1, 0.15) is 6.33 Å². The first-order valence-corrected chi connectivity index (χ1v) is 4.07. The van der Waals surface area contributed by atoms with E-state index in [-0.39, 0.29) is 11.5 Å². The molecule has 0 fully saturated rings.